The van der Waals surface area contributed by atoms with Crippen LogP contribution in [0.2, 0.25) is 0 Å². The summed E-state index contributed by atoms with van der Waals surface area (Å²) in [5.74, 6) is -0.667. The second-order valence-electron chi connectivity index (χ2n) is 5.48. The smallest absolute Gasteiger partial charge is 0.338 e. The van der Waals surface area contributed by atoms with Crippen LogP contribution in [0.5, 0.6) is 0 Å². The third-order valence-electron chi connectivity index (χ3n) is 3.70. The zero-order chi connectivity index (χ0) is 17.2. The van der Waals surface area contributed by atoms with E-state index in [-0.39, 0.29) is 37.0 Å². The molecule has 24 heavy (non-hydrogen) atoms. The van der Waals surface area contributed by atoms with Gasteiger partial charge in [-0.25, -0.2) is 0 Å². The Balaban J connectivity index is 0.00000288. The molecule has 1 fully saturated rings. The lowest BCUT2D eigenvalue weighted by molar-refractivity contribution is -0.137. The summed E-state index contributed by atoms with van der Waals surface area (Å²) in [6.07, 6.45) is -4.49. The normalized spacial score (nSPS) is 16.4. The van der Waals surface area contributed by atoms with Crippen molar-refractivity contribution in [2.75, 3.05) is 26.2 Å². The van der Waals surface area contributed by atoms with Crippen LogP contribution in [0.25, 0.3) is 0 Å². The number of nitrogens with zero attached hydrogens (tertiary/aromatic N) is 2. The molecule has 1 aromatic rings. The van der Waals surface area contributed by atoms with Crippen LogP contribution in [0.3, 0.4) is 0 Å². The molecule has 2 amide bonds. The van der Waals surface area contributed by atoms with E-state index in [2.05, 4.69) is 0 Å². The molecule has 0 aromatic heterocycles. The van der Waals surface area contributed by atoms with Crippen molar-refractivity contribution in [1.82, 2.24) is 9.80 Å². The van der Waals surface area contributed by atoms with Crippen LogP contribution < -0.4 is 5.73 Å². The van der Waals surface area contributed by atoms with Crippen LogP contribution in [-0.4, -0.2) is 53.8 Å². The van der Waals surface area contributed by atoms with Gasteiger partial charge in [-0.1, -0.05) is 6.07 Å². The molecule has 134 valence electrons. The Kier molecular flexibility index (Phi) is 6.62. The fourth-order valence-corrected chi connectivity index (χ4v) is 2.43. The van der Waals surface area contributed by atoms with E-state index < -0.39 is 23.7 Å². The van der Waals surface area contributed by atoms with Crippen LogP contribution in [0.1, 0.15) is 22.8 Å². The van der Waals surface area contributed by atoms with Gasteiger partial charge in [0, 0.05) is 31.7 Å². The second-order valence-corrected chi connectivity index (χ2v) is 5.48. The van der Waals surface area contributed by atoms with Gasteiger partial charge in [-0.3, -0.25) is 9.59 Å². The first kappa shape index (κ1) is 20.2. The van der Waals surface area contributed by atoms with Crippen LogP contribution in [0, 0.1) is 0 Å². The highest BCUT2D eigenvalue weighted by atomic mass is 35.5. The molecule has 1 heterocycles. The van der Waals surface area contributed by atoms with Crippen molar-refractivity contribution in [3.63, 3.8) is 0 Å². The third-order valence-corrected chi connectivity index (χ3v) is 3.70. The Morgan fingerprint density at radius 2 is 1.67 bits per heavy atom. The lowest BCUT2D eigenvalue weighted by Gasteiger charge is -2.35. The molecule has 0 spiro atoms. The van der Waals surface area contributed by atoms with Crippen LogP contribution in [0.15, 0.2) is 24.3 Å². The number of amides is 2. The van der Waals surface area contributed by atoms with Crippen LogP contribution in [0.4, 0.5) is 13.2 Å². The summed E-state index contributed by atoms with van der Waals surface area (Å²) in [6.45, 7) is 2.78. The molecule has 0 bridgehead atoms. The first-order chi connectivity index (χ1) is 10.7. The summed E-state index contributed by atoms with van der Waals surface area (Å²) in [6, 6.07) is 3.74. The van der Waals surface area contributed by atoms with Gasteiger partial charge in [0.25, 0.3) is 5.91 Å². The third kappa shape index (κ3) is 4.61. The van der Waals surface area contributed by atoms with Gasteiger partial charge in [0.1, 0.15) is 0 Å². The van der Waals surface area contributed by atoms with Gasteiger partial charge < -0.3 is 15.5 Å². The molecule has 0 saturated carbocycles. The molecular formula is C15H19ClF3N3O2. The number of hydrogen-bond donors (Lipinski definition) is 1. The lowest BCUT2D eigenvalue weighted by Crippen LogP contribution is -2.53. The molecule has 2 rings (SSSR count). The predicted molar refractivity (Wildman–Crippen MR) is 84.8 cm³/mol. The Morgan fingerprint density at radius 1 is 1.12 bits per heavy atom. The summed E-state index contributed by atoms with van der Waals surface area (Å²) < 4.78 is 38.1. The number of carbonyl (C=O) groups is 2. The zero-order valence-corrected chi connectivity index (χ0v) is 13.9. The van der Waals surface area contributed by atoms with Crippen molar-refractivity contribution in [2.45, 2.75) is 19.1 Å². The molecule has 2 N–H and O–H groups in total. The maximum absolute atomic E-state index is 12.7. The molecule has 1 saturated heterocycles. The molecule has 1 unspecified atom stereocenters. The Labute approximate surface area is 144 Å². The summed E-state index contributed by atoms with van der Waals surface area (Å²) >= 11 is 0. The zero-order valence-electron chi connectivity index (χ0n) is 13.0. The highest BCUT2D eigenvalue weighted by molar-refractivity contribution is 5.94. The molecule has 0 aliphatic carbocycles. The van der Waals surface area contributed by atoms with Crippen molar-refractivity contribution in [3.8, 4) is 0 Å². The Morgan fingerprint density at radius 3 is 2.17 bits per heavy atom. The fraction of sp³-hybridized carbons (Fsp3) is 0.467. The Bertz CT molecular complexity index is 600. The quantitative estimate of drug-likeness (QED) is 0.868. The van der Waals surface area contributed by atoms with E-state index in [0.717, 1.165) is 12.1 Å². The number of rotatable bonds is 2. The van der Waals surface area contributed by atoms with E-state index in [0.29, 0.717) is 13.1 Å². The molecule has 1 aliphatic rings. The average molecular weight is 366 g/mol. The Hall–Kier alpha value is -1.80. The van der Waals surface area contributed by atoms with E-state index in [4.69, 9.17) is 5.73 Å². The van der Waals surface area contributed by atoms with Crippen LogP contribution in [-0.2, 0) is 11.0 Å². The summed E-state index contributed by atoms with van der Waals surface area (Å²) in [7, 11) is 0. The lowest BCUT2D eigenvalue weighted by atomic mass is 10.1. The molecule has 1 aromatic carbocycles. The number of piperazine rings is 1. The first-order valence-electron chi connectivity index (χ1n) is 7.21. The van der Waals surface area contributed by atoms with Crippen molar-refractivity contribution in [1.29, 1.82) is 0 Å². The van der Waals surface area contributed by atoms with Gasteiger partial charge >= 0.3 is 6.18 Å². The predicted octanol–water partition coefficient (Wildman–Crippen LogP) is 1.76. The van der Waals surface area contributed by atoms with E-state index in [1.807, 2.05) is 0 Å². The average Bonchev–Trinajstić information content (AvgIpc) is 2.53. The second kappa shape index (κ2) is 7.85. The molecule has 1 aliphatic heterocycles. The minimum atomic E-state index is -4.49. The van der Waals surface area contributed by atoms with E-state index in [9.17, 15) is 22.8 Å². The molecular weight excluding hydrogens is 347 g/mol. The molecule has 1 atom stereocenters. The van der Waals surface area contributed by atoms with Crippen molar-refractivity contribution in [2.24, 2.45) is 5.73 Å². The van der Waals surface area contributed by atoms with Gasteiger partial charge in [-0.2, -0.15) is 13.2 Å². The summed E-state index contributed by atoms with van der Waals surface area (Å²) in [5.41, 5.74) is 4.67. The fourth-order valence-electron chi connectivity index (χ4n) is 2.43. The number of carbonyl (C=O) groups excluding carboxylic acids is 2. The minimum absolute atomic E-state index is 0. The number of halogens is 4. The molecule has 0 radical (unpaired) electrons. The van der Waals surface area contributed by atoms with Gasteiger partial charge in [0.2, 0.25) is 5.91 Å². The standard InChI is InChI=1S/C15H18F3N3O2.ClH/c1-10(19)13(22)20-5-7-21(8-6-20)14(23)11-3-2-4-12(9-11)15(16,17)18;/h2-4,9-10H,5-8,19H2,1H3;1H. The first-order valence-corrected chi connectivity index (χ1v) is 7.21. The minimum Gasteiger partial charge on any atom is -0.338 e. The van der Waals surface area contributed by atoms with Crippen LogP contribution >= 0.6 is 12.4 Å². The van der Waals surface area contributed by atoms with Gasteiger partial charge in [-0.15, -0.1) is 12.4 Å². The molecule has 5 nitrogen and oxygen atoms in total. The van der Waals surface area contributed by atoms with Crippen molar-refractivity contribution in [3.05, 3.63) is 35.4 Å². The van der Waals surface area contributed by atoms with Gasteiger partial charge in [0.05, 0.1) is 11.6 Å². The summed E-state index contributed by atoms with van der Waals surface area (Å²) in [4.78, 5) is 27.1. The van der Waals surface area contributed by atoms with Crippen molar-refractivity contribution >= 4 is 24.2 Å². The number of nitrogens with two attached hydrogens (primary N) is 1. The van der Waals surface area contributed by atoms with Gasteiger partial charge in [-0.05, 0) is 25.1 Å². The number of benzene rings is 1. The monoisotopic (exact) mass is 365 g/mol. The highest BCUT2D eigenvalue weighted by Crippen LogP contribution is 2.29. The number of hydrogen-bond acceptors (Lipinski definition) is 3. The highest BCUT2D eigenvalue weighted by Gasteiger charge is 2.32. The largest absolute Gasteiger partial charge is 0.416 e. The molecule has 9 heteroatoms. The van der Waals surface area contributed by atoms with E-state index in [1.165, 1.54) is 17.0 Å². The summed E-state index contributed by atoms with van der Waals surface area (Å²) in [5, 5.41) is 0. The maximum atomic E-state index is 12.7. The van der Waals surface area contributed by atoms with Gasteiger partial charge in [0.15, 0.2) is 0 Å². The topological polar surface area (TPSA) is 66.6 Å². The number of alkyl halides is 3. The maximum Gasteiger partial charge on any atom is 0.416 e. The van der Waals surface area contributed by atoms with Crippen molar-refractivity contribution < 1.29 is 22.8 Å². The SMILES string of the molecule is CC(N)C(=O)N1CCN(C(=O)c2cccc(C(F)(F)F)c2)CC1.Cl. The van der Waals surface area contributed by atoms with E-state index in [1.54, 1.807) is 11.8 Å². The van der Waals surface area contributed by atoms with E-state index >= 15 is 0 Å².